The Morgan fingerprint density at radius 1 is 1.62 bits per heavy atom. The standard InChI is InChI=1S/C12H11FN4O4/c13-7-4-8(17(20)21)6-2-1-3-15-10(6)11(7)16-5-9(18)12(14)19/h1-4,9,16,18H,5H2,(H2,14,19). The number of carbonyl (C=O) groups excluding carboxylic acids is 1. The van der Waals surface area contributed by atoms with E-state index in [-0.39, 0.29) is 23.1 Å². The second-order valence-corrected chi connectivity index (χ2v) is 4.21. The Labute approximate surface area is 117 Å². The highest BCUT2D eigenvalue weighted by molar-refractivity contribution is 5.97. The van der Waals surface area contributed by atoms with E-state index in [2.05, 4.69) is 10.3 Å². The Bertz CT molecular complexity index is 722. The molecular formula is C12H11FN4O4. The van der Waals surface area contributed by atoms with E-state index in [4.69, 9.17) is 5.73 Å². The molecule has 1 amide bonds. The first-order chi connectivity index (χ1) is 9.91. The summed E-state index contributed by atoms with van der Waals surface area (Å²) in [4.78, 5) is 24.9. The number of anilines is 1. The number of aromatic nitrogens is 1. The number of hydrogen-bond acceptors (Lipinski definition) is 6. The molecule has 2 rings (SSSR count). The fraction of sp³-hybridized carbons (Fsp3) is 0.167. The molecule has 0 saturated heterocycles. The van der Waals surface area contributed by atoms with Crippen LogP contribution in [0, 0.1) is 15.9 Å². The van der Waals surface area contributed by atoms with Crippen molar-refractivity contribution in [3.05, 3.63) is 40.3 Å². The largest absolute Gasteiger partial charge is 0.381 e. The van der Waals surface area contributed by atoms with Crippen LogP contribution < -0.4 is 11.1 Å². The quantitative estimate of drug-likeness (QED) is 0.544. The number of aliphatic hydroxyl groups is 1. The van der Waals surface area contributed by atoms with Crippen LogP contribution in [0.25, 0.3) is 10.9 Å². The van der Waals surface area contributed by atoms with Crippen LogP contribution >= 0.6 is 0 Å². The van der Waals surface area contributed by atoms with Gasteiger partial charge in [0.1, 0.15) is 11.6 Å². The normalized spacial score (nSPS) is 12.1. The molecule has 0 aliphatic rings. The predicted molar refractivity (Wildman–Crippen MR) is 72.0 cm³/mol. The van der Waals surface area contributed by atoms with E-state index in [1.807, 2.05) is 0 Å². The second kappa shape index (κ2) is 5.67. The average Bonchev–Trinajstić information content (AvgIpc) is 2.44. The maximum atomic E-state index is 14.0. The maximum absolute atomic E-state index is 14.0. The zero-order valence-corrected chi connectivity index (χ0v) is 10.6. The third-order valence-corrected chi connectivity index (χ3v) is 2.82. The summed E-state index contributed by atoms with van der Waals surface area (Å²) in [5.41, 5.74) is 4.35. The lowest BCUT2D eigenvalue weighted by Crippen LogP contribution is -2.34. The number of nitrogens with one attached hydrogen (secondary N) is 1. The summed E-state index contributed by atoms with van der Waals surface area (Å²) in [5.74, 6) is -1.88. The minimum absolute atomic E-state index is 0.0286. The zero-order chi connectivity index (χ0) is 15.6. The number of rotatable bonds is 5. The first kappa shape index (κ1) is 14.6. The Balaban J connectivity index is 2.49. The molecular weight excluding hydrogens is 283 g/mol. The highest BCUT2D eigenvalue weighted by atomic mass is 19.1. The lowest BCUT2D eigenvalue weighted by molar-refractivity contribution is -0.383. The van der Waals surface area contributed by atoms with Crippen LogP contribution in [0.15, 0.2) is 24.4 Å². The third-order valence-electron chi connectivity index (χ3n) is 2.82. The lowest BCUT2D eigenvalue weighted by Gasteiger charge is -2.12. The van der Waals surface area contributed by atoms with Crippen LogP contribution in [0.2, 0.25) is 0 Å². The van der Waals surface area contributed by atoms with Gasteiger partial charge in [0.25, 0.3) is 5.69 Å². The van der Waals surface area contributed by atoms with Crippen molar-refractivity contribution in [3.8, 4) is 0 Å². The van der Waals surface area contributed by atoms with E-state index in [0.29, 0.717) is 0 Å². The molecule has 1 heterocycles. The van der Waals surface area contributed by atoms with Gasteiger partial charge in [0.2, 0.25) is 5.91 Å². The molecule has 8 nitrogen and oxygen atoms in total. The van der Waals surface area contributed by atoms with E-state index in [9.17, 15) is 24.4 Å². The number of non-ortho nitro benzene ring substituents is 1. The van der Waals surface area contributed by atoms with Crippen molar-refractivity contribution in [1.82, 2.24) is 4.98 Å². The summed E-state index contributed by atoms with van der Waals surface area (Å²) >= 11 is 0. The van der Waals surface area contributed by atoms with Gasteiger partial charge in [0, 0.05) is 6.20 Å². The number of hydrogen-bond donors (Lipinski definition) is 3. The first-order valence-electron chi connectivity index (χ1n) is 5.84. The summed E-state index contributed by atoms with van der Waals surface area (Å²) in [7, 11) is 0. The molecule has 1 atom stereocenters. The number of fused-ring (bicyclic) bond motifs is 1. The van der Waals surface area contributed by atoms with Gasteiger partial charge in [-0.05, 0) is 12.1 Å². The van der Waals surface area contributed by atoms with Crippen LogP contribution in [-0.2, 0) is 4.79 Å². The number of carbonyl (C=O) groups is 1. The molecule has 9 heteroatoms. The number of nitro benzene ring substituents is 1. The minimum Gasteiger partial charge on any atom is -0.381 e. The molecule has 21 heavy (non-hydrogen) atoms. The van der Waals surface area contributed by atoms with E-state index < -0.39 is 28.4 Å². The molecule has 1 aromatic heterocycles. The van der Waals surface area contributed by atoms with E-state index in [1.165, 1.54) is 18.3 Å². The van der Waals surface area contributed by atoms with Gasteiger partial charge in [-0.15, -0.1) is 0 Å². The van der Waals surface area contributed by atoms with E-state index >= 15 is 0 Å². The molecule has 110 valence electrons. The van der Waals surface area contributed by atoms with Crippen molar-refractivity contribution in [1.29, 1.82) is 0 Å². The number of halogens is 1. The van der Waals surface area contributed by atoms with Crippen molar-refractivity contribution in [2.75, 3.05) is 11.9 Å². The van der Waals surface area contributed by atoms with Crippen molar-refractivity contribution in [3.63, 3.8) is 0 Å². The van der Waals surface area contributed by atoms with Crippen molar-refractivity contribution in [2.45, 2.75) is 6.10 Å². The molecule has 0 radical (unpaired) electrons. The van der Waals surface area contributed by atoms with Gasteiger partial charge in [0.05, 0.1) is 28.6 Å². The van der Waals surface area contributed by atoms with Gasteiger partial charge in [-0.2, -0.15) is 0 Å². The Morgan fingerprint density at radius 2 is 2.33 bits per heavy atom. The van der Waals surface area contributed by atoms with Gasteiger partial charge >= 0.3 is 0 Å². The van der Waals surface area contributed by atoms with Crippen LogP contribution in [0.4, 0.5) is 15.8 Å². The van der Waals surface area contributed by atoms with Crippen molar-refractivity contribution >= 4 is 28.2 Å². The highest BCUT2D eigenvalue weighted by Crippen LogP contribution is 2.32. The average molecular weight is 294 g/mol. The van der Waals surface area contributed by atoms with Crippen LogP contribution in [-0.4, -0.2) is 33.6 Å². The summed E-state index contributed by atoms with van der Waals surface area (Å²) < 4.78 is 14.0. The Morgan fingerprint density at radius 3 is 2.95 bits per heavy atom. The van der Waals surface area contributed by atoms with E-state index in [0.717, 1.165) is 6.07 Å². The molecule has 0 spiro atoms. The molecule has 0 bridgehead atoms. The highest BCUT2D eigenvalue weighted by Gasteiger charge is 2.21. The van der Waals surface area contributed by atoms with Crippen LogP contribution in [0.5, 0.6) is 0 Å². The van der Waals surface area contributed by atoms with Gasteiger partial charge in [-0.3, -0.25) is 19.9 Å². The summed E-state index contributed by atoms with van der Waals surface area (Å²) in [6.45, 7) is -0.338. The molecule has 1 unspecified atom stereocenters. The topological polar surface area (TPSA) is 131 Å². The van der Waals surface area contributed by atoms with E-state index in [1.54, 1.807) is 0 Å². The summed E-state index contributed by atoms with van der Waals surface area (Å²) in [5, 5.41) is 22.9. The number of nitro groups is 1. The van der Waals surface area contributed by atoms with Crippen LogP contribution in [0.3, 0.4) is 0 Å². The number of amides is 1. The van der Waals surface area contributed by atoms with Gasteiger partial charge in [0.15, 0.2) is 5.82 Å². The number of nitrogens with zero attached hydrogens (tertiary/aromatic N) is 2. The minimum atomic E-state index is -1.52. The SMILES string of the molecule is NC(=O)C(O)CNc1c(F)cc([N+](=O)[O-])c2cccnc12. The summed E-state index contributed by atoms with van der Waals surface area (Å²) in [6.07, 6.45) is -0.167. The van der Waals surface area contributed by atoms with Gasteiger partial charge in [-0.1, -0.05) is 0 Å². The molecule has 2 aromatic rings. The van der Waals surface area contributed by atoms with Gasteiger partial charge < -0.3 is 16.2 Å². The van der Waals surface area contributed by atoms with Crippen molar-refractivity contribution < 1.29 is 19.2 Å². The Kier molecular flexibility index (Phi) is 3.94. The maximum Gasteiger partial charge on any atom is 0.281 e. The first-order valence-corrected chi connectivity index (χ1v) is 5.84. The van der Waals surface area contributed by atoms with Gasteiger partial charge in [-0.25, -0.2) is 4.39 Å². The summed E-state index contributed by atoms with van der Waals surface area (Å²) in [6, 6.07) is 3.66. The smallest absolute Gasteiger partial charge is 0.281 e. The number of aliphatic hydroxyl groups excluding tert-OH is 1. The molecule has 1 aromatic carbocycles. The number of primary amides is 1. The number of nitrogens with two attached hydrogens (primary N) is 1. The molecule has 4 N–H and O–H groups in total. The monoisotopic (exact) mass is 294 g/mol. The fourth-order valence-electron chi connectivity index (χ4n) is 1.81. The number of benzene rings is 1. The predicted octanol–water partition coefficient (Wildman–Crippen LogP) is 0.540. The lowest BCUT2D eigenvalue weighted by atomic mass is 10.1. The van der Waals surface area contributed by atoms with Crippen LogP contribution in [0.1, 0.15) is 0 Å². The molecule has 0 aliphatic carbocycles. The zero-order valence-electron chi connectivity index (χ0n) is 10.6. The molecule has 0 saturated carbocycles. The molecule has 0 fully saturated rings. The Hall–Kier alpha value is -2.81. The third kappa shape index (κ3) is 2.87. The fourth-order valence-corrected chi connectivity index (χ4v) is 1.81. The second-order valence-electron chi connectivity index (χ2n) is 4.21. The molecule has 0 aliphatic heterocycles. The number of pyridine rings is 1. The van der Waals surface area contributed by atoms with Crippen molar-refractivity contribution in [2.24, 2.45) is 5.73 Å².